The Kier molecular flexibility index (Phi) is 6.01. The molecule has 2 heterocycles. The highest BCUT2D eigenvalue weighted by atomic mass is 19.1. The zero-order chi connectivity index (χ0) is 22.0. The van der Waals surface area contributed by atoms with Gasteiger partial charge in [0, 0.05) is 38.3 Å². The minimum Gasteiger partial charge on any atom is -0.457 e. The fraction of sp³-hybridized carbons (Fsp3) is 0.375. The van der Waals surface area contributed by atoms with E-state index in [1.54, 1.807) is 35.2 Å². The molecule has 0 bridgehead atoms. The molecule has 1 amide bonds. The number of carbonyl (C=O) groups is 2. The summed E-state index contributed by atoms with van der Waals surface area (Å²) in [5, 5.41) is 8.97. The van der Waals surface area contributed by atoms with Gasteiger partial charge in [0.05, 0.1) is 24.0 Å². The first-order chi connectivity index (χ1) is 14.9. The lowest BCUT2D eigenvalue weighted by Crippen LogP contribution is -2.50. The molecule has 160 valence electrons. The monoisotopic (exact) mass is 421 g/mol. The first kappa shape index (κ1) is 21.0. The summed E-state index contributed by atoms with van der Waals surface area (Å²) in [6.45, 7) is 4.78. The normalized spacial score (nSPS) is 21.6. The van der Waals surface area contributed by atoms with E-state index in [1.807, 2.05) is 13.0 Å². The van der Waals surface area contributed by atoms with Crippen LogP contribution in [0.1, 0.15) is 34.8 Å². The van der Waals surface area contributed by atoms with Gasteiger partial charge in [0.15, 0.2) is 0 Å². The Morgan fingerprint density at radius 3 is 2.55 bits per heavy atom. The molecule has 2 aliphatic rings. The second-order valence-corrected chi connectivity index (χ2v) is 8.15. The van der Waals surface area contributed by atoms with Crippen LogP contribution in [0.25, 0.3) is 0 Å². The molecule has 2 fully saturated rings. The van der Waals surface area contributed by atoms with E-state index in [9.17, 15) is 14.0 Å². The Hall–Kier alpha value is -3.24. The number of ether oxygens (including phenoxy) is 1. The quantitative estimate of drug-likeness (QED) is 0.710. The smallest absolute Gasteiger partial charge is 0.307 e. The summed E-state index contributed by atoms with van der Waals surface area (Å²) in [5.41, 5.74) is 2.91. The predicted molar refractivity (Wildman–Crippen MR) is 111 cm³/mol. The summed E-state index contributed by atoms with van der Waals surface area (Å²) in [6.07, 6.45) is -0.578. The maximum Gasteiger partial charge on any atom is 0.307 e. The van der Waals surface area contributed by atoms with Gasteiger partial charge in [-0.05, 0) is 30.7 Å². The summed E-state index contributed by atoms with van der Waals surface area (Å²) in [5.74, 6) is -1.26. The van der Waals surface area contributed by atoms with Gasteiger partial charge in [0.1, 0.15) is 11.9 Å². The molecule has 0 aromatic heterocycles. The van der Waals surface area contributed by atoms with Crippen molar-refractivity contribution < 1.29 is 18.7 Å². The van der Waals surface area contributed by atoms with Crippen molar-refractivity contribution >= 4 is 11.9 Å². The zero-order valence-corrected chi connectivity index (χ0v) is 17.4. The van der Waals surface area contributed by atoms with Crippen LogP contribution >= 0.6 is 0 Å². The molecular formula is C24H24FN3O3. The fourth-order valence-electron chi connectivity index (χ4n) is 4.25. The summed E-state index contributed by atoms with van der Waals surface area (Å²) < 4.78 is 19.5. The Bertz CT molecular complexity index is 1020. The maximum atomic E-state index is 14.1. The average Bonchev–Trinajstić information content (AvgIpc) is 3.18. The van der Waals surface area contributed by atoms with Gasteiger partial charge >= 0.3 is 5.97 Å². The summed E-state index contributed by atoms with van der Waals surface area (Å²) in [7, 11) is 0. The molecule has 2 aromatic rings. The number of cyclic esters (lactones) is 1. The molecule has 2 aliphatic heterocycles. The van der Waals surface area contributed by atoms with Crippen molar-refractivity contribution in [3.63, 3.8) is 0 Å². The second kappa shape index (κ2) is 8.86. The van der Waals surface area contributed by atoms with Crippen LogP contribution in [0.15, 0.2) is 42.5 Å². The van der Waals surface area contributed by atoms with E-state index in [4.69, 9.17) is 10.00 Å². The number of hydrogen-bond donors (Lipinski definition) is 0. The van der Waals surface area contributed by atoms with E-state index >= 15 is 0 Å². The van der Waals surface area contributed by atoms with Crippen molar-refractivity contribution in [2.24, 2.45) is 5.92 Å². The molecular weight excluding hydrogens is 397 g/mol. The molecule has 0 saturated carbocycles. The first-order valence-electron chi connectivity index (χ1n) is 10.4. The lowest BCUT2D eigenvalue weighted by atomic mass is 9.93. The summed E-state index contributed by atoms with van der Waals surface area (Å²) in [4.78, 5) is 29.1. The van der Waals surface area contributed by atoms with Crippen molar-refractivity contribution in [3.05, 3.63) is 70.5 Å². The molecule has 0 unspecified atom stereocenters. The highest BCUT2D eigenvalue weighted by Crippen LogP contribution is 2.37. The molecule has 4 rings (SSSR count). The number of benzene rings is 2. The number of carbonyl (C=O) groups excluding carboxylic acids is 2. The maximum absolute atomic E-state index is 14.1. The molecule has 0 radical (unpaired) electrons. The van der Waals surface area contributed by atoms with Gasteiger partial charge in [-0.2, -0.15) is 5.26 Å². The second-order valence-electron chi connectivity index (χ2n) is 8.15. The van der Waals surface area contributed by atoms with Gasteiger partial charge in [0.2, 0.25) is 5.91 Å². The number of halogens is 1. The van der Waals surface area contributed by atoms with Crippen LogP contribution in [0.3, 0.4) is 0 Å². The fourth-order valence-corrected chi connectivity index (χ4v) is 4.25. The number of amides is 1. The number of nitrogens with zero attached hydrogens (tertiary/aromatic N) is 3. The third-order valence-corrected chi connectivity index (χ3v) is 5.98. The van der Waals surface area contributed by atoms with Crippen molar-refractivity contribution in [3.8, 4) is 6.07 Å². The molecule has 0 N–H and O–H groups in total. The van der Waals surface area contributed by atoms with Crippen molar-refractivity contribution in [2.45, 2.75) is 26.0 Å². The van der Waals surface area contributed by atoms with E-state index in [0.29, 0.717) is 43.9 Å². The number of hydrogen-bond acceptors (Lipinski definition) is 5. The van der Waals surface area contributed by atoms with Gasteiger partial charge in [-0.15, -0.1) is 0 Å². The number of rotatable bonds is 4. The van der Waals surface area contributed by atoms with Crippen LogP contribution in [0, 0.1) is 30.0 Å². The minimum absolute atomic E-state index is 0.0538. The zero-order valence-electron chi connectivity index (χ0n) is 17.4. The Balaban J connectivity index is 1.39. The lowest BCUT2D eigenvalue weighted by Gasteiger charge is -2.36. The van der Waals surface area contributed by atoms with Gasteiger partial charge in [-0.3, -0.25) is 14.5 Å². The largest absolute Gasteiger partial charge is 0.457 e. The predicted octanol–water partition coefficient (Wildman–Crippen LogP) is 2.95. The molecule has 2 saturated heterocycles. The lowest BCUT2D eigenvalue weighted by molar-refractivity contribution is -0.142. The Morgan fingerprint density at radius 2 is 1.87 bits per heavy atom. The third kappa shape index (κ3) is 4.59. The van der Waals surface area contributed by atoms with Crippen molar-refractivity contribution in [1.82, 2.24) is 9.80 Å². The van der Waals surface area contributed by atoms with Crippen LogP contribution in [-0.2, 0) is 20.9 Å². The standard InChI is InChI=1S/C24H24FN3O3/c1-16-2-7-21(25)19(12-16)15-27-8-10-28(11-9-27)24(30)20-13-22(29)31-23(20)18-5-3-17(14-26)4-6-18/h2-7,12,20,23H,8-11,13,15H2,1H3/t20-,23+/m0/s1. The molecule has 0 spiro atoms. The number of piperazine rings is 1. The van der Waals surface area contributed by atoms with Gasteiger partial charge in [-0.1, -0.05) is 29.8 Å². The molecule has 2 atom stereocenters. The van der Waals surface area contributed by atoms with Crippen molar-refractivity contribution in [1.29, 1.82) is 5.26 Å². The average molecular weight is 421 g/mol. The number of nitriles is 1. The SMILES string of the molecule is Cc1ccc(F)c(CN2CCN(C(=O)[C@H]3CC(=O)O[C@@H]3c3ccc(C#N)cc3)CC2)c1. The summed E-state index contributed by atoms with van der Waals surface area (Å²) in [6, 6.07) is 13.9. The first-order valence-corrected chi connectivity index (χ1v) is 10.4. The topological polar surface area (TPSA) is 73.6 Å². The van der Waals surface area contributed by atoms with E-state index in [0.717, 1.165) is 11.1 Å². The van der Waals surface area contributed by atoms with E-state index in [-0.39, 0.29) is 24.1 Å². The Morgan fingerprint density at radius 1 is 1.16 bits per heavy atom. The van der Waals surface area contributed by atoms with Gasteiger partial charge in [0.25, 0.3) is 0 Å². The third-order valence-electron chi connectivity index (χ3n) is 5.98. The van der Waals surface area contributed by atoms with E-state index < -0.39 is 12.0 Å². The van der Waals surface area contributed by atoms with E-state index in [2.05, 4.69) is 11.0 Å². The molecule has 0 aliphatic carbocycles. The van der Waals surface area contributed by atoms with Crippen LogP contribution in [0.5, 0.6) is 0 Å². The van der Waals surface area contributed by atoms with Crippen molar-refractivity contribution in [2.75, 3.05) is 26.2 Å². The molecule has 6 nitrogen and oxygen atoms in total. The molecule has 7 heteroatoms. The minimum atomic E-state index is -0.632. The van der Waals surface area contributed by atoms with Crippen LogP contribution in [0.2, 0.25) is 0 Å². The number of aryl methyl sites for hydroxylation is 1. The number of esters is 1. The highest BCUT2D eigenvalue weighted by Gasteiger charge is 2.43. The van der Waals surface area contributed by atoms with Crippen LogP contribution in [0.4, 0.5) is 4.39 Å². The Labute approximate surface area is 180 Å². The highest BCUT2D eigenvalue weighted by molar-refractivity contribution is 5.87. The van der Waals surface area contributed by atoms with Crippen LogP contribution < -0.4 is 0 Å². The van der Waals surface area contributed by atoms with E-state index in [1.165, 1.54) is 6.07 Å². The van der Waals surface area contributed by atoms with Gasteiger partial charge in [-0.25, -0.2) is 4.39 Å². The molecule has 2 aromatic carbocycles. The van der Waals surface area contributed by atoms with Gasteiger partial charge < -0.3 is 9.64 Å². The summed E-state index contributed by atoms with van der Waals surface area (Å²) >= 11 is 0. The molecule has 31 heavy (non-hydrogen) atoms. The van der Waals surface area contributed by atoms with Crippen LogP contribution in [-0.4, -0.2) is 47.9 Å².